The van der Waals surface area contributed by atoms with Gasteiger partial charge in [0.1, 0.15) is 11.5 Å². The third-order valence-corrected chi connectivity index (χ3v) is 3.99. The van der Waals surface area contributed by atoms with Crippen LogP contribution in [0, 0.1) is 5.92 Å². The van der Waals surface area contributed by atoms with E-state index in [1.165, 1.54) is 7.11 Å². The van der Waals surface area contributed by atoms with Crippen molar-refractivity contribution in [3.8, 4) is 11.5 Å². The first kappa shape index (κ1) is 16.1. The van der Waals surface area contributed by atoms with Gasteiger partial charge in [-0.15, -0.1) is 0 Å². The number of carboxylic acid groups (broad SMARTS) is 1. The number of amides is 1. The minimum atomic E-state index is -0.975. The van der Waals surface area contributed by atoms with Crippen LogP contribution in [0.25, 0.3) is 0 Å². The quantitative estimate of drug-likeness (QED) is 0.806. The van der Waals surface area contributed by atoms with Gasteiger partial charge in [0.25, 0.3) is 0 Å². The smallest absolute Gasteiger partial charge is 0.305 e. The van der Waals surface area contributed by atoms with E-state index >= 15 is 0 Å². The summed E-state index contributed by atoms with van der Waals surface area (Å²) < 4.78 is 10.4. The Hall–Kier alpha value is -2.24. The molecule has 1 amide bonds. The summed E-state index contributed by atoms with van der Waals surface area (Å²) in [5.74, 6) is 0.0483. The zero-order chi connectivity index (χ0) is 16.1. The van der Waals surface area contributed by atoms with E-state index in [4.69, 9.17) is 14.6 Å². The molecule has 1 aliphatic rings. The van der Waals surface area contributed by atoms with E-state index in [-0.39, 0.29) is 18.2 Å². The number of rotatable bonds is 7. The van der Waals surface area contributed by atoms with Crippen LogP contribution in [0.15, 0.2) is 18.2 Å². The molecule has 0 radical (unpaired) electrons. The van der Waals surface area contributed by atoms with Gasteiger partial charge >= 0.3 is 5.97 Å². The first-order valence-corrected chi connectivity index (χ1v) is 7.29. The summed E-state index contributed by atoms with van der Waals surface area (Å²) in [7, 11) is 3.05. The molecule has 6 nitrogen and oxygen atoms in total. The summed E-state index contributed by atoms with van der Waals surface area (Å²) >= 11 is 0. The second kappa shape index (κ2) is 7.15. The normalized spacial score (nSPS) is 15.5. The molecule has 1 saturated carbocycles. The van der Waals surface area contributed by atoms with Crippen molar-refractivity contribution in [1.82, 2.24) is 5.32 Å². The maximum Gasteiger partial charge on any atom is 0.305 e. The Labute approximate surface area is 129 Å². The number of nitrogens with one attached hydrogen (secondary N) is 1. The van der Waals surface area contributed by atoms with Crippen LogP contribution >= 0.6 is 0 Å². The second-order valence-corrected chi connectivity index (χ2v) is 5.39. The van der Waals surface area contributed by atoms with E-state index in [9.17, 15) is 9.59 Å². The molecular formula is C16H21NO5. The Balaban J connectivity index is 2.23. The van der Waals surface area contributed by atoms with Crippen LogP contribution in [0.5, 0.6) is 11.5 Å². The van der Waals surface area contributed by atoms with Gasteiger partial charge in [-0.1, -0.05) is 6.42 Å². The number of carboxylic acids is 1. The highest BCUT2D eigenvalue weighted by Gasteiger charge is 2.29. The first-order chi connectivity index (χ1) is 10.5. The molecular weight excluding hydrogens is 286 g/mol. The van der Waals surface area contributed by atoms with E-state index in [1.54, 1.807) is 25.3 Å². The fraction of sp³-hybridized carbons (Fsp3) is 0.500. The summed E-state index contributed by atoms with van der Waals surface area (Å²) in [5.41, 5.74) is 0.637. The highest BCUT2D eigenvalue weighted by Crippen LogP contribution is 2.33. The predicted molar refractivity (Wildman–Crippen MR) is 80.0 cm³/mol. The molecule has 0 spiro atoms. The van der Waals surface area contributed by atoms with E-state index in [2.05, 4.69) is 5.32 Å². The Bertz CT molecular complexity index is 553. The molecule has 1 fully saturated rings. The molecule has 0 heterocycles. The standard InChI is InChI=1S/C16H21NO5/c1-21-11-6-7-12(14(8-11)22-2)13(9-15(18)19)17-16(20)10-4-3-5-10/h6-8,10,13H,3-5,9H2,1-2H3,(H,17,20)(H,18,19). The summed E-state index contributed by atoms with van der Waals surface area (Å²) in [6.07, 6.45) is 2.59. The van der Waals surface area contributed by atoms with Crippen molar-refractivity contribution >= 4 is 11.9 Å². The Morgan fingerprint density at radius 1 is 1.32 bits per heavy atom. The molecule has 22 heavy (non-hydrogen) atoms. The van der Waals surface area contributed by atoms with Gasteiger partial charge in [-0.2, -0.15) is 0 Å². The van der Waals surface area contributed by atoms with Crippen molar-refractivity contribution in [1.29, 1.82) is 0 Å². The van der Waals surface area contributed by atoms with Crippen LogP contribution in [0.4, 0.5) is 0 Å². The lowest BCUT2D eigenvalue weighted by molar-refractivity contribution is -0.138. The molecule has 6 heteroatoms. The van der Waals surface area contributed by atoms with Gasteiger partial charge in [-0.3, -0.25) is 9.59 Å². The largest absolute Gasteiger partial charge is 0.497 e. The van der Waals surface area contributed by atoms with Crippen molar-refractivity contribution in [3.05, 3.63) is 23.8 Å². The number of hydrogen-bond acceptors (Lipinski definition) is 4. The van der Waals surface area contributed by atoms with E-state index in [0.717, 1.165) is 19.3 Å². The first-order valence-electron chi connectivity index (χ1n) is 7.29. The number of hydrogen-bond donors (Lipinski definition) is 2. The predicted octanol–water partition coefficient (Wildman–Crippen LogP) is 2.14. The maximum atomic E-state index is 12.1. The summed E-state index contributed by atoms with van der Waals surface area (Å²) in [5, 5.41) is 12.0. The molecule has 1 aromatic carbocycles. The number of benzene rings is 1. The molecule has 1 unspecified atom stereocenters. The zero-order valence-electron chi connectivity index (χ0n) is 12.8. The maximum absolute atomic E-state index is 12.1. The van der Waals surface area contributed by atoms with Gasteiger partial charge in [0.15, 0.2) is 0 Å². The number of carbonyl (C=O) groups is 2. The summed E-state index contributed by atoms with van der Waals surface area (Å²) in [6.45, 7) is 0. The van der Waals surface area contributed by atoms with E-state index in [1.807, 2.05) is 0 Å². The van der Waals surface area contributed by atoms with Crippen molar-refractivity contribution in [2.75, 3.05) is 14.2 Å². The van der Waals surface area contributed by atoms with Gasteiger partial charge in [0.2, 0.25) is 5.91 Å². The number of ether oxygens (including phenoxy) is 2. The lowest BCUT2D eigenvalue weighted by Gasteiger charge is -2.27. The van der Waals surface area contributed by atoms with Gasteiger partial charge in [0, 0.05) is 17.5 Å². The van der Waals surface area contributed by atoms with Crippen molar-refractivity contribution < 1.29 is 24.2 Å². The molecule has 1 atom stereocenters. The van der Waals surface area contributed by atoms with Crippen LogP contribution in [-0.2, 0) is 9.59 Å². The lowest BCUT2D eigenvalue weighted by Crippen LogP contribution is -2.37. The van der Waals surface area contributed by atoms with Crippen molar-refractivity contribution in [3.63, 3.8) is 0 Å². The highest BCUT2D eigenvalue weighted by atomic mass is 16.5. The number of aliphatic carboxylic acids is 1. The van der Waals surface area contributed by atoms with Gasteiger partial charge in [-0.25, -0.2) is 0 Å². The topological polar surface area (TPSA) is 84.9 Å². The van der Waals surface area contributed by atoms with Crippen LogP contribution in [0.2, 0.25) is 0 Å². The van der Waals surface area contributed by atoms with Crippen LogP contribution in [0.1, 0.15) is 37.3 Å². The highest BCUT2D eigenvalue weighted by molar-refractivity contribution is 5.81. The van der Waals surface area contributed by atoms with Crippen LogP contribution in [0.3, 0.4) is 0 Å². The molecule has 0 saturated heterocycles. The third-order valence-electron chi connectivity index (χ3n) is 3.99. The van der Waals surface area contributed by atoms with E-state index in [0.29, 0.717) is 17.1 Å². The Morgan fingerprint density at radius 2 is 2.05 bits per heavy atom. The minimum Gasteiger partial charge on any atom is -0.497 e. The summed E-state index contributed by atoms with van der Waals surface area (Å²) in [6, 6.07) is 4.51. The monoisotopic (exact) mass is 307 g/mol. The average molecular weight is 307 g/mol. The van der Waals surface area contributed by atoms with Crippen molar-refractivity contribution in [2.45, 2.75) is 31.7 Å². The molecule has 1 aromatic rings. The Morgan fingerprint density at radius 3 is 2.55 bits per heavy atom. The molecule has 1 aliphatic carbocycles. The molecule has 2 N–H and O–H groups in total. The SMILES string of the molecule is COc1ccc(C(CC(=O)O)NC(=O)C2CCC2)c(OC)c1. The lowest BCUT2D eigenvalue weighted by atomic mass is 9.84. The number of methoxy groups -OCH3 is 2. The second-order valence-electron chi connectivity index (χ2n) is 5.39. The molecule has 0 aliphatic heterocycles. The summed E-state index contributed by atoms with van der Waals surface area (Å²) in [4.78, 5) is 23.3. The van der Waals surface area contributed by atoms with Crippen molar-refractivity contribution in [2.24, 2.45) is 5.92 Å². The average Bonchev–Trinajstić information content (AvgIpc) is 2.43. The van der Waals surface area contributed by atoms with Crippen LogP contribution in [-0.4, -0.2) is 31.2 Å². The molecule has 0 bridgehead atoms. The fourth-order valence-corrected chi connectivity index (χ4v) is 2.48. The third kappa shape index (κ3) is 3.69. The molecule has 120 valence electrons. The molecule has 2 rings (SSSR count). The van der Waals surface area contributed by atoms with Gasteiger partial charge in [-0.05, 0) is 25.0 Å². The number of carbonyl (C=O) groups excluding carboxylic acids is 1. The minimum absolute atomic E-state index is 0.000498. The molecule has 0 aromatic heterocycles. The van der Waals surface area contributed by atoms with Gasteiger partial charge in [0.05, 0.1) is 26.7 Å². The Kier molecular flexibility index (Phi) is 5.25. The van der Waals surface area contributed by atoms with Gasteiger partial charge < -0.3 is 19.9 Å². The van der Waals surface area contributed by atoms with Crippen LogP contribution < -0.4 is 14.8 Å². The fourth-order valence-electron chi connectivity index (χ4n) is 2.48. The zero-order valence-corrected chi connectivity index (χ0v) is 12.8. The van der Waals surface area contributed by atoms with E-state index < -0.39 is 12.0 Å².